The van der Waals surface area contributed by atoms with Crippen molar-refractivity contribution in [3.63, 3.8) is 0 Å². The Morgan fingerprint density at radius 3 is 2.73 bits per heavy atom. The van der Waals surface area contributed by atoms with Crippen molar-refractivity contribution in [2.45, 2.75) is 6.61 Å². The van der Waals surface area contributed by atoms with Crippen molar-refractivity contribution >= 4 is 40.1 Å². The van der Waals surface area contributed by atoms with E-state index in [0.717, 1.165) is 34.3 Å². The highest BCUT2D eigenvalue weighted by Crippen LogP contribution is 2.26. The lowest BCUT2D eigenvalue weighted by atomic mass is 10.2. The van der Waals surface area contributed by atoms with E-state index in [9.17, 15) is 9.59 Å². The maximum atomic E-state index is 11.6. The molecule has 0 atom stereocenters. The van der Waals surface area contributed by atoms with Gasteiger partial charge in [-0.15, -0.1) is 0 Å². The fraction of sp³-hybridized carbons (Fsp3) is 0.111. The first-order chi connectivity index (χ1) is 12.6. The maximum absolute atomic E-state index is 11.6. The number of thioether (sulfide) groups is 1. The molecule has 1 fully saturated rings. The molecule has 8 heteroatoms. The van der Waals surface area contributed by atoms with Gasteiger partial charge in [-0.2, -0.15) is 0 Å². The third kappa shape index (κ3) is 3.18. The van der Waals surface area contributed by atoms with Gasteiger partial charge < -0.3 is 9.30 Å². The minimum atomic E-state index is -0.365. The number of aryl methyl sites for hydroxylation is 1. The number of ether oxygens (including phenoxy) is 1. The van der Waals surface area contributed by atoms with Crippen LogP contribution in [0.25, 0.3) is 17.2 Å². The molecule has 0 spiro atoms. The van der Waals surface area contributed by atoms with Crippen LogP contribution in [0.3, 0.4) is 0 Å². The van der Waals surface area contributed by atoms with Crippen LogP contribution in [0.15, 0.2) is 47.5 Å². The van der Waals surface area contributed by atoms with Crippen LogP contribution in [0.5, 0.6) is 5.75 Å². The molecule has 1 saturated heterocycles. The topological polar surface area (TPSA) is 86.1 Å². The molecule has 26 heavy (non-hydrogen) atoms. The van der Waals surface area contributed by atoms with Gasteiger partial charge in [-0.05, 0) is 47.7 Å². The molecule has 1 aliphatic rings. The van der Waals surface area contributed by atoms with Crippen molar-refractivity contribution < 1.29 is 14.3 Å². The molecule has 130 valence electrons. The summed E-state index contributed by atoms with van der Waals surface area (Å²) >= 11 is 0.897. The third-order valence-corrected chi connectivity index (χ3v) is 4.72. The first-order valence-electron chi connectivity index (χ1n) is 7.84. The lowest BCUT2D eigenvalue weighted by molar-refractivity contribution is -0.115. The van der Waals surface area contributed by atoms with Crippen molar-refractivity contribution in [3.05, 3.63) is 58.9 Å². The second kappa shape index (κ2) is 6.64. The van der Waals surface area contributed by atoms with Gasteiger partial charge in [0.2, 0.25) is 0 Å². The predicted octanol–water partition coefficient (Wildman–Crippen LogP) is 2.87. The summed E-state index contributed by atoms with van der Waals surface area (Å²) in [5.41, 5.74) is 2.46. The number of nitrogens with zero attached hydrogens (tertiary/aromatic N) is 3. The quantitative estimate of drug-likeness (QED) is 0.715. The number of carbonyl (C=O) groups is 2. The van der Waals surface area contributed by atoms with Gasteiger partial charge >= 0.3 is 0 Å². The summed E-state index contributed by atoms with van der Waals surface area (Å²) in [6.45, 7) is 0.319. The molecule has 7 nitrogen and oxygen atoms in total. The van der Waals surface area contributed by atoms with Gasteiger partial charge in [-0.25, -0.2) is 9.97 Å². The molecular formula is C18H14N4O3S. The smallest absolute Gasteiger partial charge is 0.290 e. The average molecular weight is 366 g/mol. The van der Waals surface area contributed by atoms with E-state index in [4.69, 9.17) is 4.74 Å². The van der Waals surface area contributed by atoms with Crippen LogP contribution >= 0.6 is 11.8 Å². The molecular weight excluding hydrogens is 352 g/mol. The third-order valence-electron chi connectivity index (χ3n) is 3.91. The molecule has 3 heterocycles. The number of fused-ring (bicyclic) bond motifs is 1. The summed E-state index contributed by atoms with van der Waals surface area (Å²) in [6, 6.07) is 11.0. The van der Waals surface area contributed by atoms with Crippen molar-refractivity contribution in [2.24, 2.45) is 7.05 Å². The van der Waals surface area contributed by atoms with Gasteiger partial charge in [0.15, 0.2) is 5.65 Å². The number of pyridine rings is 1. The molecule has 0 bridgehead atoms. The zero-order valence-electron chi connectivity index (χ0n) is 13.8. The van der Waals surface area contributed by atoms with Gasteiger partial charge in [0, 0.05) is 13.2 Å². The molecule has 2 amide bonds. The second-order valence-corrected chi connectivity index (χ2v) is 6.66. The summed E-state index contributed by atoms with van der Waals surface area (Å²) in [7, 11) is 1.90. The summed E-state index contributed by atoms with van der Waals surface area (Å²) in [6.07, 6.45) is 3.41. The number of imidazole rings is 1. The van der Waals surface area contributed by atoms with Crippen molar-refractivity contribution in [1.29, 1.82) is 0 Å². The fourth-order valence-electron chi connectivity index (χ4n) is 2.58. The molecule has 1 aliphatic heterocycles. The second-order valence-electron chi connectivity index (χ2n) is 5.64. The number of rotatable bonds is 4. The highest BCUT2D eigenvalue weighted by molar-refractivity contribution is 8.18. The number of nitrogens with one attached hydrogen (secondary N) is 1. The molecule has 0 saturated carbocycles. The van der Waals surface area contributed by atoms with Gasteiger partial charge in [-0.3, -0.25) is 14.9 Å². The van der Waals surface area contributed by atoms with Crippen molar-refractivity contribution in [1.82, 2.24) is 19.9 Å². The maximum Gasteiger partial charge on any atom is 0.290 e. The first kappa shape index (κ1) is 16.3. The monoisotopic (exact) mass is 366 g/mol. The number of amides is 2. The van der Waals surface area contributed by atoms with E-state index in [0.29, 0.717) is 17.3 Å². The minimum Gasteiger partial charge on any atom is -0.486 e. The van der Waals surface area contributed by atoms with Gasteiger partial charge in [-0.1, -0.05) is 12.1 Å². The lowest BCUT2D eigenvalue weighted by Crippen LogP contribution is -2.17. The molecule has 0 unspecified atom stereocenters. The lowest BCUT2D eigenvalue weighted by Gasteiger charge is -2.06. The zero-order chi connectivity index (χ0) is 18.1. The Labute approximate surface area is 153 Å². The molecule has 3 aromatic rings. The largest absolute Gasteiger partial charge is 0.486 e. The van der Waals surface area contributed by atoms with Crippen LogP contribution in [-0.2, 0) is 18.4 Å². The minimum absolute atomic E-state index is 0.319. The Balaban J connectivity index is 1.46. The van der Waals surface area contributed by atoms with E-state index < -0.39 is 0 Å². The number of imide groups is 1. The van der Waals surface area contributed by atoms with Crippen LogP contribution < -0.4 is 10.1 Å². The average Bonchev–Trinajstić information content (AvgIpc) is 3.13. The molecule has 2 aromatic heterocycles. The Bertz CT molecular complexity index is 1040. The number of hydrogen-bond donors (Lipinski definition) is 1. The van der Waals surface area contributed by atoms with Gasteiger partial charge in [0.25, 0.3) is 11.1 Å². The van der Waals surface area contributed by atoms with Crippen molar-refractivity contribution in [3.8, 4) is 5.75 Å². The van der Waals surface area contributed by atoms with Crippen molar-refractivity contribution in [2.75, 3.05) is 0 Å². The predicted molar refractivity (Wildman–Crippen MR) is 98.4 cm³/mol. The summed E-state index contributed by atoms with van der Waals surface area (Å²) in [5.74, 6) is 1.10. The van der Waals surface area contributed by atoms with E-state index in [2.05, 4.69) is 15.3 Å². The Kier molecular flexibility index (Phi) is 4.18. The Morgan fingerprint density at radius 1 is 1.23 bits per heavy atom. The summed E-state index contributed by atoms with van der Waals surface area (Å²) in [4.78, 5) is 31.9. The van der Waals surface area contributed by atoms with E-state index in [1.165, 1.54) is 0 Å². The van der Waals surface area contributed by atoms with E-state index >= 15 is 0 Å². The normalized spacial score (nSPS) is 15.7. The van der Waals surface area contributed by atoms with Gasteiger partial charge in [0.1, 0.15) is 23.7 Å². The SMILES string of the molecule is Cn1c(COc2ccc(/C=C3/SC(=O)NC3=O)cc2)nc2cccnc21. The first-order valence-corrected chi connectivity index (χ1v) is 8.66. The number of aromatic nitrogens is 3. The number of carbonyl (C=O) groups excluding carboxylic acids is 2. The van der Waals surface area contributed by atoms with Gasteiger partial charge in [0.05, 0.1) is 4.91 Å². The fourth-order valence-corrected chi connectivity index (χ4v) is 3.26. The number of hydrogen-bond acceptors (Lipinski definition) is 6. The Morgan fingerprint density at radius 2 is 2.04 bits per heavy atom. The highest BCUT2D eigenvalue weighted by atomic mass is 32.2. The van der Waals surface area contributed by atoms with E-state index in [-0.39, 0.29) is 11.1 Å². The Hall–Kier alpha value is -3.13. The van der Waals surface area contributed by atoms with E-state index in [1.807, 2.05) is 48.0 Å². The highest BCUT2D eigenvalue weighted by Gasteiger charge is 2.24. The molecule has 0 radical (unpaired) electrons. The van der Waals surface area contributed by atoms with Crippen LogP contribution in [0, 0.1) is 0 Å². The molecule has 0 aliphatic carbocycles. The van der Waals surface area contributed by atoms with Crippen LogP contribution in [0.2, 0.25) is 0 Å². The van der Waals surface area contributed by atoms with Crippen LogP contribution in [0.4, 0.5) is 4.79 Å². The van der Waals surface area contributed by atoms with E-state index in [1.54, 1.807) is 12.3 Å². The summed E-state index contributed by atoms with van der Waals surface area (Å²) in [5, 5.41) is 1.88. The standard InChI is InChI=1S/C18H14N4O3S/c1-22-15(20-13-3-2-8-19-16(13)22)10-25-12-6-4-11(5-7-12)9-14-17(23)21-18(24)26-14/h2-9H,10H2,1H3,(H,21,23,24)/b14-9+. The zero-order valence-corrected chi connectivity index (χ0v) is 14.6. The number of benzene rings is 1. The summed E-state index contributed by atoms with van der Waals surface area (Å²) < 4.78 is 7.70. The van der Waals surface area contributed by atoms with Crippen LogP contribution in [-0.4, -0.2) is 25.7 Å². The van der Waals surface area contributed by atoms with Crippen LogP contribution in [0.1, 0.15) is 11.4 Å². The molecule has 1 N–H and O–H groups in total. The molecule has 1 aromatic carbocycles. The molecule has 4 rings (SSSR count).